The molecule has 1 heterocycles. The molecule has 1 aliphatic heterocycles. The van der Waals surface area contributed by atoms with Gasteiger partial charge in [0, 0.05) is 0 Å². The number of rotatable bonds is 2. The van der Waals surface area contributed by atoms with Gasteiger partial charge in [0.15, 0.2) is 4.32 Å². The molecule has 0 aliphatic carbocycles. The predicted octanol–water partition coefficient (Wildman–Crippen LogP) is 4.40. The van der Waals surface area contributed by atoms with Crippen molar-refractivity contribution in [2.24, 2.45) is 0 Å². The fraction of sp³-hybridized carbons (Fsp3) is 0.0588. The standard InChI is InChI=1S/C17H13NOS2/c1-12-6-5-7-13(10-12)11-15-16(19)18(17(20)21-15)14-8-3-2-4-9-14/h2-11H,1H3/b15-11-. The molecule has 1 fully saturated rings. The number of para-hydroxylation sites is 1. The van der Waals surface area contributed by atoms with Gasteiger partial charge in [0.25, 0.3) is 5.91 Å². The number of hydrogen-bond donors (Lipinski definition) is 0. The van der Waals surface area contributed by atoms with E-state index in [1.165, 1.54) is 17.3 Å². The van der Waals surface area contributed by atoms with Gasteiger partial charge >= 0.3 is 0 Å². The first-order valence-corrected chi connectivity index (χ1v) is 7.77. The number of carbonyl (C=O) groups is 1. The van der Waals surface area contributed by atoms with Gasteiger partial charge in [-0.25, -0.2) is 0 Å². The first kappa shape index (κ1) is 14.0. The van der Waals surface area contributed by atoms with Gasteiger partial charge in [-0.2, -0.15) is 0 Å². The van der Waals surface area contributed by atoms with E-state index < -0.39 is 0 Å². The van der Waals surface area contributed by atoms with Crippen molar-refractivity contribution in [3.8, 4) is 0 Å². The number of benzene rings is 2. The van der Waals surface area contributed by atoms with E-state index in [2.05, 4.69) is 6.07 Å². The van der Waals surface area contributed by atoms with Crippen molar-refractivity contribution in [3.05, 3.63) is 70.6 Å². The lowest BCUT2D eigenvalue weighted by atomic mass is 10.1. The van der Waals surface area contributed by atoms with Gasteiger partial charge < -0.3 is 0 Å². The molecule has 2 aromatic rings. The van der Waals surface area contributed by atoms with Crippen molar-refractivity contribution in [2.45, 2.75) is 6.92 Å². The number of amides is 1. The van der Waals surface area contributed by atoms with Crippen molar-refractivity contribution in [1.29, 1.82) is 0 Å². The molecule has 0 unspecified atom stereocenters. The third-order valence-corrected chi connectivity index (χ3v) is 4.45. The van der Waals surface area contributed by atoms with Gasteiger partial charge in [0.2, 0.25) is 0 Å². The highest BCUT2D eigenvalue weighted by Crippen LogP contribution is 2.35. The normalized spacial score (nSPS) is 16.8. The number of hydrogen-bond acceptors (Lipinski definition) is 3. The van der Waals surface area contributed by atoms with Crippen LogP contribution in [0.4, 0.5) is 5.69 Å². The zero-order chi connectivity index (χ0) is 14.8. The number of carbonyl (C=O) groups excluding carboxylic acids is 1. The Bertz CT molecular complexity index is 737. The van der Waals surface area contributed by atoms with Crippen LogP contribution < -0.4 is 4.90 Å². The van der Waals surface area contributed by atoms with Crippen LogP contribution in [0.3, 0.4) is 0 Å². The van der Waals surface area contributed by atoms with Gasteiger partial charge in [0.1, 0.15) is 0 Å². The maximum Gasteiger partial charge on any atom is 0.270 e. The lowest BCUT2D eigenvalue weighted by molar-refractivity contribution is -0.113. The summed E-state index contributed by atoms with van der Waals surface area (Å²) in [6.07, 6.45) is 1.90. The molecule has 0 saturated carbocycles. The van der Waals surface area contributed by atoms with E-state index in [9.17, 15) is 4.79 Å². The number of anilines is 1. The molecule has 3 rings (SSSR count). The summed E-state index contributed by atoms with van der Waals surface area (Å²) in [6, 6.07) is 17.6. The van der Waals surface area contributed by atoms with Crippen molar-refractivity contribution in [1.82, 2.24) is 0 Å². The van der Waals surface area contributed by atoms with Crippen LogP contribution in [0.25, 0.3) is 6.08 Å². The Labute approximate surface area is 133 Å². The Kier molecular flexibility index (Phi) is 3.90. The monoisotopic (exact) mass is 311 g/mol. The first-order chi connectivity index (χ1) is 10.1. The third-order valence-electron chi connectivity index (χ3n) is 3.15. The predicted molar refractivity (Wildman–Crippen MR) is 93.3 cm³/mol. The van der Waals surface area contributed by atoms with Gasteiger partial charge in [0.05, 0.1) is 10.6 Å². The van der Waals surface area contributed by atoms with Crippen molar-refractivity contribution < 1.29 is 4.79 Å². The summed E-state index contributed by atoms with van der Waals surface area (Å²) in [6.45, 7) is 2.03. The highest BCUT2D eigenvalue weighted by Gasteiger charge is 2.33. The average Bonchev–Trinajstić information content (AvgIpc) is 2.74. The van der Waals surface area contributed by atoms with E-state index in [1.54, 1.807) is 4.90 Å². The molecule has 2 nitrogen and oxygen atoms in total. The van der Waals surface area contributed by atoms with Crippen LogP contribution in [0.5, 0.6) is 0 Å². The van der Waals surface area contributed by atoms with Crippen LogP contribution in [-0.2, 0) is 4.79 Å². The maximum absolute atomic E-state index is 12.6. The van der Waals surface area contributed by atoms with Crippen LogP contribution in [0.1, 0.15) is 11.1 Å². The molecular formula is C17H13NOS2. The highest BCUT2D eigenvalue weighted by atomic mass is 32.2. The minimum absolute atomic E-state index is 0.0577. The van der Waals surface area contributed by atoms with Crippen LogP contribution in [0, 0.1) is 6.92 Å². The van der Waals surface area contributed by atoms with E-state index in [-0.39, 0.29) is 5.91 Å². The van der Waals surface area contributed by atoms with Gasteiger partial charge in [-0.05, 0) is 30.7 Å². The zero-order valence-corrected chi connectivity index (χ0v) is 13.1. The summed E-state index contributed by atoms with van der Waals surface area (Å²) in [7, 11) is 0. The molecule has 1 amide bonds. The van der Waals surface area contributed by atoms with Crippen LogP contribution in [-0.4, -0.2) is 10.2 Å². The van der Waals surface area contributed by atoms with E-state index in [0.29, 0.717) is 9.23 Å². The van der Waals surface area contributed by atoms with Gasteiger partial charge in [-0.15, -0.1) is 0 Å². The second kappa shape index (κ2) is 5.84. The Morgan fingerprint density at radius 2 is 1.86 bits per heavy atom. The molecule has 104 valence electrons. The van der Waals surface area contributed by atoms with Crippen molar-refractivity contribution in [2.75, 3.05) is 4.90 Å². The molecule has 0 bridgehead atoms. The number of thiocarbonyl (C=S) groups is 1. The van der Waals surface area contributed by atoms with Crippen LogP contribution in [0.15, 0.2) is 59.5 Å². The molecular weight excluding hydrogens is 298 g/mol. The molecule has 21 heavy (non-hydrogen) atoms. The van der Waals surface area contributed by atoms with Crippen LogP contribution in [0.2, 0.25) is 0 Å². The first-order valence-electron chi connectivity index (χ1n) is 6.55. The molecule has 1 saturated heterocycles. The molecule has 0 N–H and O–H groups in total. The Morgan fingerprint density at radius 3 is 2.57 bits per heavy atom. The van der Waals surface area contributed by atoms with Crippen molar-refractivity contribution >= 4 is 46.0 Å². The zero-order valence-electron chi connectivity index (χ0n) is 11.4. The molecule has 4 heteroatoms. The van der Waals surface area contributed by atoms with E-state index in [4.69, 9.17) is 12.2 Å². The fourth-order valence-electron chi connectivity index (χ4n) is 2.18. The highest BCUT2D eigenvalue weighted by molar-refractivity contribution is 8.27. The topological polar surface area (TPSA) is 20.3 Å². The number of aryl methyl sites for hydroxylation is 1. The number of thioether (sulfide) groups is 1. The lowest BCUT2D eigenvalue weighted by Gasteiger charge is -2.13. The van der Waals surface area contributed by atoms with Gasteiger partial charge in [-0.3, -0.25) is 9.69 Å². The molecule has 0 aromatic heterocycles. The third kappa shape index (κ3) is 2.91. The van der Waals surface area contributed by atoms with E-state index >= 15 is 0 Å². The molecule has 1 aliphatic rings. The fourth-order valence-corrected chi connectivity index (χ4v) is 3.48. The summed E-state index contributed by atoms with van der Waals surface area (Å²) in [5, 5.41) is 0. The maximum atomic E-state index is 12.6. The summed E-state index contributed by atoms with van der Waals surface area (Å²) < 4.78 is 0.574. The van der Waals surface area contributed by atoms with Crippen molar-refractivity contribution in [3.63, 3.8) is 0 Å². The summed E-state index contributed by atoms with van der Waals surface area (Å²) in [4.78, 5) is 14.8. The lowest BCUT2D eigenvalue weighted by Crippen LogP contribution is -2.27. The summed E-state index contributed by atoms with van der Waals surface area (Å²) in [5.74, 6) is -0.0577. The average molecular weight is 311 g/mol. The SMILES string of the molecule is Cc1cccc(/C=C2\SC(=S)N(c3ccccc3)C2=O)c1. The Balaban J connectivity index is 1.94. The van der Waals surface area contributed by atoms with Crippen LogP contribution >= 0.6 is 24.0 Å². The van der Waals surface area contributed by atoms with Gasteiger partial charge in [-0.1, -0.05) is 72.0 Å². The quantitative estimate of drug-likeness (QED) is 0.605. The molecule has 0 atom stereocenters. The minimum atomic E-state index is -0.0577. The molecule has 2 aromatic carbocycles. The summed E-state index contributed by atoms with van der Waals surface area (Å²) in [5.41, 5.74) is 3.00. The smallest absolute Gasteiger partial charge is 0.268 e. The molecule has 0 radical (unpaired) electrons. The Morgan fingerprint density at radius 1 is 1.10 bits per heavy atom. The summed E-state index contributed by atoms with van der Waals surface area (Å²) >= 11 is 6.69. The minimum Gasteiger partial charge on any atom is -0.268 e. The van der Waals surface area contributed by atoms with E-state index in [0.717, 1.165) is 11.3 Å². The second-order valence-corrected chi connectivity index (χ2v) is 6.44. The Hall–Kier alpha value is -1.91. The second-order valence-electron chi connectivity index (χ2n) is 4.77. The number of nitrogens with zero attached hydrogens (tertiary/aromatic N) is 1. The molecule has 0 spiro atoms. The van der Waals surface area contributed by atoms with E-state index in [1.807, 2.05) is 61.5 Å². The largest absolute Gasteiger partial charge is 0.270 e.